The molecule has 0 saturated carbocycles. The van der Waals surface area contributed by atoms with Crippen LogP contribution in [0, 0.1) is 0 Å². The molecule has 4 rings (SSSR count). The van der Waals surface area contributed by atoms with Crippen molar-refractivity contribution in [2.75, 3.05) is 0 Å². The quantitative estimate of drug-likeness (QED) is 0.0748. The molecule has 0 aliphatic heterocycles. The van der Waals surface area contributed by atoms with Crippen molar-refractivity contribution in [1.82, 2.24) is 16.0 Å². The average molecular weight is 724 g/mol. The minimum atomic E-state index is -1.74. The first kappa shape index (κ1) is 40.1. The number of rotatable bonds is 16. The van der Waals surface area contributed by atoms with Crippen LogP contribution in [0.1, 0.15) is 49.4 Å². The van der Waals surface area contributed by atoms with E-state index < -0.39 is 54.7 Å². The molecular formula is C40H46BN3O9. The molecule has 4 aromatic rings. The van der Waals surface area contributed by atoms with Crippen LogP contribution in [0.5, 0.6) is 5.75 Å². The molecule has 4 aromatic carbocycles. The number of phenols is 1. The highest BCUT2D eigenvalue weighted by molar-refractivity contribution is 6.58. The topological polar surface area (TPSA) is 184 Å². The molecule has 278 valence electrons. The van der Waals surface area contributed by atoms with E-state index in [1.165, 1.54) is 24.3 Å². The number of ether oxygens (including phenoxy) is 2. The van der Waals surface area contributed by atoms with Crippen LogP contribution >= 0.6 is 0 Å². The van der Waals surface area contributed by atoms with Gasteiger partial charge in [0.25, 0.3) is 0 Å². The Morgan fingerprint density at radius 3 is 1.83 bits per heavy atom. The Balaban J connectivity index is 1.60. The van der Waals surface area contributed by atoms with Crippen LogP contribution < -0.4 is 21.4 Å². The predicted molar refractivity (Wildman–Crippen MR) is 200 cm³/mol. The molecule has 0 radical (unpaired) electrons. The van der Waals surface area contributed by atoms with Crippen molar-refractivity contribution in [3.63, 3.8) is 0 Å². The lowest BCUT2D eigenvalue weighted by atomic mass is 9.79. The van der Waals surface area contributed by atoms with E-state index in [4.69, 9.17) is 9.47 Å². The Hall–Kier alpha value is -5.66. The van der Waals surface area contributed by atoms with Gasteiger partial charge in [-0.3, -0.25) is 9.59 Å². The van der Waals surface area contributed by atoms with Crippen LogP contribution in [0.4, 0.5) is 4.79 Å². The average Bonchev–Trinajstić information content (AvgIpc) is 3.11. The maximum Gasteiger partial charge on any atom is 0.488 e. The van der Waals surface area contributed by atoms with Gasteiger partial charge < -0.3 is 40.6 Å². The molecule has 0 bridgehead atoms. The van der Waals surface area contributed by atoms with Gasteiger partial charge in [-0.1, -0.05) is 97.1 Å². The molecule has 3 atom stereocenters. The van der Waals surface area contributed by atoms with Gasteiger partial charge in [0.15, 0.2) is 0 Å². The second-order valence-electron chi connectivity index (χ2n) is 13.6. The highest BCUT2D eigenvalue weighted by Crippen LogP contribution is 2.15. The third-order valence-corrected chi connectivity index (χ3v) is 8.07. The third-order valence-electron chi connectivity index (χ3n) is 8.07. The standard InChI is InChI=1S/C40H46BN3O9/c1-40(2,3)53-39(49)44-34(24-30-17-11-19-32(45)23-30)37(47)42-33(21-20-27-12-6-4-7-13-27)36(46)43-35(25-29-16-10-18-31(22-29)41(50)51)38(48)52-26-28-14-8-5-9-15-28/h4-19,22-23,33-35,45,50-51H,20-21,24-26H2,1-3H3,(H,42,47)(H,43,46)(H,44,49)/t33-,34-,35-/m0/s1. The van der Waals surface area contributed by atoms with E-state index in [2.05, 4.69) is 16.0 Å². The fourth-order valence-electron chi connectivity index (χ4n) is 5.49. The maximum atomic E-state index is 14.1. The van der Waals surface area contributed by atoms with E-state index >= 15 is 0 Å². The Bertz CT molecular complexity index is 1820. The summed E-state index contributed by atoms with van der Waals surface area (Å²) in [5.74, 6) is -2.13. The van der Waals surface area contributed by atoms with Crippen LogP contribution in [-0.2, 0) is 49.7 Å². The van der Waals surface area contributed by atoms with Crippen molar-refractivity contribution < 1.29 is 43.8 Å². The SMILES string of the molecule is CC(C)(C)OC(=O)N[C@@H](Cc1cccc(O)c1)C(=O)N[C@@H](CCc1ccccc1)C(=O)N[C@@H](Cc1cccc(B(O)O)c1)C(=O)OCc1ccccc1. The summed E-state index contributed by atoms with van der Waals surface area (Å²) in [7, 11) is -1.74. The van der Waals surface area contributed by atoms with E-state index in [0.29, 0.717) is 17.5 Å². The minimum absolute atomic E-state index is 0.0248. The largest absolute Gasteiger partial charge is 0.508 e. The molecule has 0 aliphatic rings. The second kappa shape index (κ2) is 19.3. The van der Waals surface area contributed by atoms with Gasteiger partial charge in [0, 0.05) is 12.8 Å². The monoisotopic (exact) mass is 723 g/mol. The van der Waals surface area contributed by atoms with Gasteiger partial charge in [0.2, 0.25) is 11.8 Å². The molecule has 0 heterocycles. The summed E-state index contributed by atoms with van der Waals surface area (Å²) in [6.45, 7) is 5.00. The van der Waals surface area contributed by atoms with Gasteiger partial charge in [-0.25, -0.2) is 9.59 Å². The molecule has 0 aliphatic carbocycles. The van der Waals surface area contributed by atoms with E-state index in [0.717, 1.165) is 11.1 Å². The molecule has 13 heteroatoms. The smallest absolute Gasteiger partial charge is 0.488 e. The van der Waals surface area contributed by atoms with E-state index in [1.54, 1.807) is 69.3 Å². The summed E-state index contributed by atoms with van der Waals surface area (Å²) < 4.78 is 11.0. The molecule has 0 fully saturated rings. The lowest BCUT2D eigenvalue weighted by Crippen LogP contribution is -2.57. The van der Waals surface area contributed by atoms with E-state index in [-0.39, 0.29) is 37.1 Å². The summed E-state index contributed by atoms with van der Waals surface area (Å²) in [6.07, 6.45) is -0.423. The Labute approximate surface area is 309 Å². The Morgan fingerprint density at radius 1 is 0.660 bits per heavy atom. The minimum Gasteiger partial charge on any atom is -0.508 e. The number of amides is 3. The molecule has 53 heavy (non-hydrogen) atoms. The first-order valence-corrected chi connectivity index (χ1v) is 17.3. The number of aryl methyl sites for hydroxylation is 1. The number of alkyl carbamates (subject to hydrolysis) is 1. The molecule has 0 spiro atoms. The van der Waals surface area contributed by atoms with Crippen LogP contribution in [0.25, 0.3) is 0 Å². The highest BCUT2D eigenvalue weighted by Gasteiger charge is 2.32. The van der Waals surface area contributed by atoms with Crippen LogP contribution in [0.3, 0.4) is 0 Å². The normalized spacial score (nSPS) is 12.8. The van der Waals surface area contributed by atoms with Crippen LogP contribution in [-0.4, -0.2) is 69.9 Å². The highest BCUT2D eigenvalue weighted by atomic mass is 16.6. The Morgan fingerprint density at radius 2 is 1.21 bits per heavy atom. The number of phenolic OH excluding ortho intramolecular Hbond substituents is 1. The van der Waals surface area contributed by atoms with Crippen molar-refractivity contribution in [1.29, 1.82) is 0 Å². The summed E-state index contributed by atoms with van der Waals surface area (Å²) in [5, 5.41) is 37.6. The number of aromatic hydroxyl groups is 1. The maximum absolute atomic E-state index is 14.1. The number of hydrogen-bond acceptors (Lipinski definition) is 9. The van der Waals surface area contributed by atoms with Gasteiger partial charge in [0.1, 0.15) is 36.1 Å². The third kappa shape index (κ3) is 13.8. The first-order chi connectivity index (χ1) is 25.3. The zero-order chi connectivity index (χ0) is 38.4. The lowest BCUT2D eigenvalue weighted by molar-refractivity contribution is -0.149. The summed E-state index contributed by atoms with van der Waals surface area (Å²) in [5.41, 5.74) is 2.06. The van der Waals surface area contributed by atoms with Gasteiger partial charge in [-0.15, -0.1) is 0 Å². The molecule has 12 nitrogen and oxygen atoms in total. The van der Waals surface area contributed by atoms with E-state index in [1.807, 2.05) is 36.4 Å². The molecule has 3 amide bonds. The van der Waals surface area contributed by atoms with Crippen molar-refractivity contribution in [2.45, 2.75) is 76.8 Å². The predicted octanol–water partition coefficient (Wildman–Crippen LogP) is 3.10. The van der Waals surface area contributed by atoms with Crippen molar-refractivity contribution in [3.05, 3.63) is 131 Å². The van der Waals surface area contributed by atoms with Gasteiger partial charge in [-0.2, -0.15) is 0 Å². The molecule has 6 N–H and O–H groups in total. The molecule has 0 saturated heterocycles. The van der Waals surface area contributed by atoms with Gasteiger partial charge in [-0.05, 0) is 73.5 Å². The fraction of sp³-hybridized carbons (Fsp3) is 0.300. The van der Waals surface area contributed by atoms with Crippen molar-refractivity contribution >= 4 is 36.5 Å². The molecule has 0 unspecified atom stereocenters. The number of hydrogen-bond donors (Lipinski definition) is 6. The number of esters is 1. The fourth-order valence-corrected chi connectivity index (χ4v) is 5.49. The zero-order valence-electron chi connectivity index (χ0n) is 30.0. The van der Waals surface area contributed by atoms with E-state index in [9.17, 15) is 34.3 Å². The van der Waals surface area contributed by atoms with Crippen molar-refractivity contribution in [3.8, 4) is 5.75 Å². The Kier molecular flexibility index (Phi) is 14.6. The number of carbonyl (C=O) groups is 4. The van der Waals surface area contributed by atoms with Crippen LogP contribution in [0.2, 0.25) is 0 Å². The summed E-state index contributed by atoms with van der Waals surface area (Å²) in [6, 6.07) is 27.3. The van der Waals surface area contributed by atoms with Gasteiger partial charge >= 0.3 is 19.2 Å². The zero-order valence-corrected chi connectivity index (χ0v) is 30.0. The summed E-state index contributed by atoms with van der Waals surface area (Å²) in [4.78, 5) is 54.5. The summed E-state index contributed by atoms with van der Waals surface area (Å²) >= 11 is 0. The second-order valence-corrected chi connectivity index (χ2v) is 13.6. The molecular weight excluding hydrogens is 677 g/mol. The van der Waals surface area contributed by atoms with Gasteiger partial charge in [0.05, 0.1) is 0 Å². The lowest BCUT2D eigenvalue weighted by Gasteiger charge is -2.26. The number of nitrogens with one attached hydrogen (secondary N) is 3. The number of benzene rings is 4. The first-order valence-electron chi connectivity index (χ1n) is 17.3. The van der Waals surface area contributed by atoms with Crippen LogP contribution in [0.15, 0.2) is 109 Å². The molecule has 0 aromatic heterocycles. The number of carbonyl (C=O) groups excluding carboxylic acids is 4. The van der Waals surface area contributed by atoms with Crippen molar-refractivity contribution in [2.24, 2.45) is 0 Å².